The van der Waals surface area contributed by atoms with Gasteiger partial charge in [0.1, 0.15) is 0 Å². The minimum absolute atomic E-state index is 0.0200. The lowest BCUT2D eigenvalue weighted by Crippen LogP contribution is -2.20. The van der Waals surface area contributed by atoms with Gasteiger partial charge >= 0.3 is 0 Å². The number of hydrogen-bond donors (Lipinski definition) is 1. The molecular formula is C8H9BrN2O. The molecule has 0 radical (unpaired) electrons. The molecule has 0 atom stereocenters. The van der Waals surface area contributed by atoms with Crippen molar-refractivity contribution in [3.63, 3.8) is 0 Å². The minimum atomic E-state index is 0.0200. The van der Waals surface area contributed by atoms with Crippen LogP contribution in [-0.2, 0) is 12.8 Å². The van der Waals surface area contributed by atoms with Crippen LogP contribution in [0, 0.1) is 0 Å². The monoisotopic (exact) mass is 228 g/mol. The number of aryl methyl sites for hydroxylation is 1. The van der Waals surface area contributed by atoms with Crippen molar-refractivity contribution in [3.8, 4) is 0 Å². The Balaban J connectivity index is 2.60. The third-order valence-electron chi connectivity index (χ3n) is 2.16. The fourth-order valence-electron chi connectivity index (χ4n) is 1.57. The number of rotatable bonds is 0. The van der Waals surface area contributed by atoms with E-state index in [1.54, 1.807) is 0 Å². The molecule has 4 heteroatoms. The van der Waals surface area contributed by atoms with E-state index in [4.69, 9.17) is 0 Å². The Bertz CT molecular complexity index is 359. The summed E-state index contributed by atoms with van der Waals surface area (Å²) < 4.78 is 0.549. The maximum atomic E-state index is 11.4. The maximum Gasteiger partial charge on any atom is 0.254 e. The average molecular weight is 229 g/mol. The average Bonchev–Trinajstić information content (AvgIpc) is 2.04. The second kappa shape index (κ2) is 3.01. The van der Waals surface area contributed by atoms with Gasteiger partial charge in [-0.1, -0.05) is 0 Å². The van der Waals surface area contributed by atoms with Gasteiger partial charge < -0.3 is 4.98 Å². The number of nitrogens with one attached hydrogen (secondary N) is 1. The molecule has 3 nitrogen and oxygen atoms in total. The Morgan fingerprint density at radius 2 is 2.08 bits per heavy atom. The van der Waals surface area contributed by atoms with Crippen LogP contribution in [0.3, 0.4) is 0 Å². The molecule has 12 heavy (non-hydrogen) atoms. The van der Waals surface area contributed by atoms with Gasteiger partial charge in [-0.3, -0.25) is 4.79 Å². The van der Waals surface area contributed by atoms with Gasteiger partial charge in [0.15, 0.2) is 4.73 Å². The minimum Gasteiger partial charge on any atom is -0.301 e. The van der Waals surface area contributed by atoms with E-state index >= 15 is 0 Å². The molecule has 0 bridgehead atoms. The summed E-state index contributed by atoms with van der Waals surface area (Å²) in [6.45, 7) is 0. The number of H-pyrrole nitrogens is 1. The summed E-state index contributed by atoms with van der Waals surface area (Å²) in [4.78, 5) is 18.2. The smallest absolute Gasteiger partial charge is 0.254 e. The predicted octanol–water partition coefficient (Wildman–Crippen LogP) is 1.41. The van der Waals surface area contributed by atoms with E-state index in [1.807, 2.05) is 0 Å². The topological polar surface area (TPSA) is 45.8 Å². The molecule has 0 aromatic carbocycles. The number of fused-ring (bicyclic) bond motifs is 1. The molecule has 2 rings (SSSR count). The van der Waals surface area contributed by atoms with Gasteiger partial charge in [-0.05, 0) is 41.6 Å². The summed E-state index contributed by atoms with van der Waals surface area (Å²) in [6, 6.07) is 0. The summed E-state index contributed by atoms with van der Waals surface area (Å²) in [5, 5.41) is 0. The molecule has 1 N–H and O–H groups in total. The Morgan fingerprint density at radius 1 is 1.33 bits per heavy atom. The van der Waals surface area contributed by atoms with Crippen LogP contribution >= 0.6 is 15.9 Å². The van der Waals surface area contributed by atoms with Gasteiger partial charge in [-0.25, -0.2) is 4.98 Å². The third kappa shape index (κ3) is 1.31. The Morgan fingerprint density at radius 3 is 2.92 bits per heavy atom. The maximum absolute atomic E-state index is 11.4. The predicted molar refractivity (Wildman–Crippen MR) is 49.2 cm³/mol. The van der Waals surface area contributed by atoms with E-state index in [0.717, 1.165) is 36.9 Å². The molecular weight excluding hydrogens is 220 g/mol. The van der Waals surface area contributed by atoms with E-state index in [2.05, 4.69) is 25.9 Å². The van der Waals surface area contributed by atoms with E-state index in [-0.39, 0.29) is 5.56 Å². The molecule has 1 aliphatic carbocycles. The van der Waals surface area contributed by atoms with Crippen molar-refractivity contribution in [2.75, 3.05) is 0 Å². The second-order valence-corrected chi connectivity index (χ2v) is 3.74. The van der Waals surface area contributed by atoms with Crippen LogP contribution in [0.2, 0.25) is 0 Å². The van der Waals surface area contributed by atoms with Crippen molar-refractivity contribution < 1.29 is 0 Å². The first-order valence-electron chi connectivity index (χ1n) is 4.05. The number of aromatic amines is 1. The largest absolute Gasteiger partial charge is 0.301 e. The molecule has 0 saturated heterocycles. The van der Waals surface area contributed by atoms with Crippen molar-refractivity contribution in [1.29, 1.82) is 0 Å². The van der Waals surface area contributed by atoms with E-state index in [1.165, 1.54) is 0 Å². The van der Waals surface area contributed by atoms with E-state index < -0.39 is 0 Å². The summed E-state index contributed by atoms with van der Waals surface area (Å²) in [5.41, 5.74) is 1.87. The third-order valence-corrected chi connectivity index (χ3v) is 2.54. The highest BCUT2D eigenvalue weighted by atomic mass is 79.9. The van der Waals surface area contributed by atoms with Gasteiger partial charge in [-0.15, -0.1) is 0 Å². The summed E-state index contributed by atoms with van der Waals surface area (Å²) in [5.74, 6) is 0. The van der Waals surface area contributed by atoms with Crippen molar-refractivity contribution >= 4 is 15.9 Å². The summed E-state index contributed by atoms with van der Waals surface area (Å²) >= 11 is 3.17. The number of hydrogen-bond acceptors (Lipinski definition) is 2. The van der Waals surface area contributed by atoms with Crippen molar-refractivity contribution in [3.05, 3.63) is 26.3 Å². The first-order valence-corrected chi connectivity index (χ1v) is 4.84. The number of halogens is 1. The van der Waals surface area contributed by atoms with Crippen molar-refractivity contribution in [1.82, 2.24) is 9.97 Å². The molecule has 0 unspecified atom stereocenters. The molecule has 64 valence electrons. The highest BCUT2D eigenvalue weighted by Gasteiger charge is 2.14. The SMILES string of the molecule is O=c1[nH]c(Br)nc2c1CCCC2. The molecule has 1 heterocycles. The summed E-state index contributed by atoms with van der Waals surface area (Å²) in [6.07, 6.45) is 4.08. The van der Waals surface area contributed by atoms with Crippen molar-refractivity contribution in [2.24, 2.45) is 0 Å². The van der Waals surface area contributed by atoms with Crippen LogP contribution in [0.25, 0.3) is 0 Å². The van der Waals surface area contributed by atoms with E-state index in [9.17, 15) is 4.79 Å². The van der Waals surface area contributed by atoms with Crippen LogP contribution in [0.5, 0.6) is 0 Å². The molecule has 0 spiro atoms. The van der Waals surface area contributed by atoms with Crippen LogP contribution < -0.4 is 5.56 Å². The molecule has 0 amide bonds. The molecule has 1 aromatic rings. The van der Waals surface area contributed by atoms with Gasteiger partial charge in [0.2, 0.25) is 0 Å². The Hall–Kier alpha value is -0.640. The molecule has 0 fully saturated rings. The fourth-order valence-corrected chi connectivity index (χ4v) is 1.97. The van der Waals surface area contributed by atoms with E-state index in [0.29, 0.717) is 4.73 Å². The molecule has 0 saturated carbocycles. The highest BCUT2D eigenvalue weighted by molar-refractivity contribution is 9.10. The van der Waals surface area contributed by atoms with Gasteiger partial charge in [0.05, 0.1) is 5.69 Å². The standard InChI is InChI=1S/C8H9BrN2O/c9-8-10-6-4-2-1-3-5(6)7(12)11-8/h1-4H2,(H,10,11,12). The lowest BCUT2D eigenvalue weighted by molar-refractivity contribution is 0.653. The van der Waals surface area contributed by atoms with Gasteiger partial charge in [0.25, 0.3) is 5.56 Å². The fraction of sp³-hybridized carbons (Fsp3) is 0.500. The normalized spacial score (nSPS) is 15.8. The summed E-state index contributed by atoms with van der Waals surface area (Å²) in [7, 11) is 0. The van der Waals surface area contributed by atoms with Crippen LogP contribution in [-0.4, -0.2) is 9.97 Å². The number of aromatic nitrogens is 2. The zero-order valence-electron chi connectivity index (χ0n) is 6.56. The van der Waals surface area contributed by atoms with Gasteiger partial charge in [-0.2, -0.15) is 0 Å². The van der Waals surface area contributed by atoms with Crippen LogP contribution in [0.4, 0.5) is 0 Å². The van der Waals surface area contributed by atoms with Crippen LogP contribution in [0.1, 0.15) is 24.1 Å². The molecule has 0 aliphatic heterocycles. The first kappa shape index (κ1) is 7.98. The Kier molecular flexibility index (Phi) is 2.00. The first-order chi connectivity index (χ1) is 5.77. The van der Waals surface area contributed by atoms with Crippen LogP contribution in [0.15, 0.2) is 9.53 Å². The van der Waals surface area contributed by atoms with Crippen molar-refractivity contribution in [2.45, 2.75) is 25.7 Å². The highest BCUT2D eigenvalue weighted by Crippen LogP contribution is 2.16. The lowest BCUT2D eigenvalue weighted by atomic mass is 9.97. The zero-order chi connectivity index (χ0) is 8.55. The molecule has 1 aliphatic rings. The Labute approximate surface area is 78.4 Å². The lowest BCUT2D eigenvalue weighted by Gasteiger charge is -2.12. The van der Waals surface area contributed by atoms with Gasteiger partial charge in [0, 0.05) is 5.56 Å². The number of nitrogens with zero attached hydrogens (tertiary/aromatic N) is 1. The molecule has 1 aromatic heterocycles. The second-order valence-electron chi connectivity index (χ2n) is 2.99. The quantitative estimate of drug-likeness (QED) is 0.683. The zero-order valence-corrected chi connectivity index (χ0v) is 8.15.